The Bertz CT molecular complexity index is 790. The standard InChI is InChI=1S/C23H31NO3Si/c1-17(2)28(18(3)4,19(5)6)27-22-14-12-21(13-15-22)23(16-24(25)26)20-10-8-7-9-11-20/h7-19H,1-6H3/b23-16-. The first-order valence-electron chi connectivity index (χ1n) is 9.88. The van der Waals surface area contributed by atoms with Gasteiger partial charge in [-0.05, 0) is 39.9 Å². The van der Waals surface area contributed by atoms with Gasteiger partial charge in [0.25, 0.3) is 8.32 Å². The third kappa shape index (κ3) is 4.71. The summed E-state index contributed by atoms with van der Waals surface area (Å²) < 4.78 is 6.69. The zero-order valence-electron chi connectivity index (χ0n) is 17.7. The summed E-state index contributed by atoms with van der Waals surface area (Å²) in [5.41, 5.74) is 3.69. The van der Waals surface area contributed by atoms with E-state index in [9.17, 15) is 10.1 Å². The summed E-state index contributed by atoms with van der Waals surface area (Å²) >= 11 is 0. The lowest BCUT2D eigenvalue weighted by atomic mass is 9.99. The quantitative estimate of drug-likeness (QED) is 0.276. The minimum absolute atomic E-state index is 0.402. The van der Waals surface area contributed by atoms with E-state index in [1.807, 2.05) is 54.6 Å². The van der Waals surface area contributed by atoms with Crippen molar-refractivity contribution in [3.05, 3.63) is 82.0 Å². The van der Waals surface area contributed by atoms with Gasteiger partial charge < -0.3 is 4.43 Å². The molecule has 0 N–H and O–H groups in total. The van der Waals surface area contributed by atoms with Crippen LogP contribution >= 0.6 is 0 Å². The van der Waals surface area contributed by atoms with Crippen LogP contribution in [0.3, 0.4) is 0 Å². The van der Waals surface area contributed by atoms with E-state index in [2.05, 4.69) is 41.5 Å². The molecule has 0 heterocycles. The van der Waals surface area contributed by atoms with Crippen molar-refractivity contribution in [1.82, 2.24) is 0 Å². The van der Waals surface area contributed by atoms with Crippen molar-refractivity contribution in [2.75, 3.05) is 0 Å². The highest BCUT2D eigenvalue weighted by molar-refractivity contribution is 6.78. The molecule has 0 unspecified atom stereocenters. The van der Waals surface area contributed by atoms with Crippen LogP contribution in [-0.4, -0.2) is 13.2 Å². The summed E-state index contributed by atoms with van der Waals surface area (Å²) in [6, 6.07) is 17.2. The predicted molar refractivity (Wildman–Crippen MR) is 119 cm³/mol. The van der Waals surface area contributed by atoms with Crippen molar-refractivity contribution < 1.29 is 9.35 Å². The molecule has 0 atom stereocenters. The fourth-order valence-corrected chi connectivity index (χ4v) is 9.55. The highest BCUT2D eigenvalue weighted by atomic mass is 28.4. The van der Waals surface area contributed by atoms with Gasteiger partial charge >= 0.3 is 0 Å². The van der Waals surface area contributed by atoms with Crippen LogP contribution in [0, 0.1) is 10.1 Å². The molecule has 0 saturated carbocycles. The first-order chi connectivity index (χ1) is 13.2. The molecule has 0 saturated heterocycles. The summed E-state index contributed by atoms with van der Waals surface area (Å²) in [5.74, 6) is 0.847. The molecule has 2 aromatic rings. The Morgan fingerprint density at radius 2 is 1.32 bits per heavy atom. The molecule has 0 aliphatic carbocycles. The minimum Gasteiger partial charge on any atom is -0.543 e. The van der Waals surface area contributed by atoms with Crippen molar-refractivity contribution in [2.24, 2.45) is 0 Å². The molecule has 0 fully saturated rings. The smallest absolute Gasteiger partial charge is 0.258 e. The lowest BCUT2D eigenvalue weighted by Crippen LogP contribution is -2.50. The molecule has 0 aliphatic heterocycles. The minimum atomic E-state index is -2.03. The van der Waals surface area contributed by atoms with Crippen molar-refractivity contribution in [3.63, 3.8) is 0 Å². The van der Waals surface area contributed by atoms with Gasteiger partial charge in [-0.2, -0.15) is 0 Å². The average molecular weight is 398 g/mol. The Hall–Kier alpha value is -2.40. The topological polar surface area (TPSA) is 52.4 Å². The summed E-state index contributed by atoms with van der Waals surface area (Å²) in [4.78, 5) is 10.7. The zero-order valence-corrected chi connectivity index (χ0v) is 18.7. The molecule has 5 heteroatoms. The SMILES string of the molecule is CC(C)[Si](Oc1ccc(/C(=C\[N+](=O)[O-])c2ccccc2)cc1)(C(C)C)C(C)C. The van der Waals surface area contributed by atoms with E-state index in [-0.39, 0.29) is 0 Å². The van der Waals surface area contributed by atoms with Gasteiger partial charge in [0.2, 0.25) is 6.20 Å². The molecule has 0 radical (unpaired) electrons. The Morgan fingerprint density at radius 3 is 1.75 bits per heavy atom. The van der Waals surface area contributed by atoms with Crippen LogP contribution in [0.15, 0.2) is 60.8 Å². The summed E-state index contributed by atoms with van der Waals surface area (Å²) in [7, 11) is -2.03. The largest absolute Gasteiger partial charge is 0.543 e. The molecule has 0 aromatic heterocycles. The molecule has 2 rings (SSSR count). The summed E-state index contributed by atoms with van der Waals surface area (Å²) in [6.07, 6.45) is 1.07. The van der Waals surface area contributed by atoms with Crippen molar-refractivity contribution in [2.45, 2.75) is 58.2 Å². The van der Waals surface area contributed by atoms with E-state index < -0.39 is 13.2 Å². The maximum atomic E-state index is 11.1. The van der Waals surface area contributed by atoms with Gasteiger partial charge in [-0.25, -0.2) is 0 Å². The van der Waals surface area contributed by atoms with E-state index in [0.29, 0.717) is 22.2 Å². The van der Waals surface area contributed by atoms with E-state index in [4.69, 9.17) is 4.43 Å². The molecular formula is C23H31NO3Si. The van der Waals surface area contributed by atoms with E-state index >= 15 is 0 Å². The molecule has 4 nitrogen and oxygen atoms in total. The fraction of sp³-hybridized carbons (Fsp3) is 0.391. The third-order valence-electron chi connectivity index (χ3n) is 5.49. The first-order valence-corrected chi connectivity index (χ1v) is 12.0. The normalized spacial score (nSPS) is 12.7. The zero-order chi connectivity index (χ0) is 20.9. The summed E-state index contributed by atoms with van der Waals surface area (Å²) in [6.45, 7) is 13.5. The highest BCUT2D eigenvalue weighted by Gasteiger charge is 2.46. The van der Waals surface area contributed by atoms with Crippen LogP contribution in [-0.2, 0) is 0 Å². The molecule has 0 spiro atoms. The van der Waals surface area contributed by atoms with Gasteiger partial charge in [-0.1, -0.05) is 84.0 Å². The Labute approximate surface area is 169 Å². The van der Waals surface area contributed by atoms with Crippen molar-refractivity contribution in [1.29, 1.82) is 0 Å². The number of hydrogen-bond donors (Lipinski definition) is 0. The van der Waals surface area contributed by atoms with Gasteiger partial charge in [0.15, 0.2) is 0 Å². The number of hydrogen-bond acceptors (Lipinski definition) is 3. The number of nitrogens with zero attached hydrogens (tertiary/aromatic N) is 1. The van der Waals surface area contributed by atoms with Gasteiger partial charge in [0.1, 0.15) is 5.75 Å². The van der Waals surface area contributed by atoms with Gasteiger partial charge in [-0.3, -0.25) is 10.1 Å². The monoisotopic (exact) mass is 397 g/mol. The Balaban J connectivity index is 2.40. The number of nitro groups is 1. The molecule has 0 amide bonds. The van der Waals surface area contributed by atoms with Gasteiger partial charge in [0, 0.05) is 0 Å². The van der Waals surface area contributed by atoms with E-state index in [1.165, 1.54) is 0 Å². The molecular weight excluding hydrogens is 366 g/mol. The van der Waals surface area contributed by atoms with Crippen LogP contribution < -0.4 is 4.43 Å². The second-order valence-corrected chi connectivity index (χ2v) is 13.5. The molecule has 150 valence electrons. The number of rotatable bonds is 8. The fourth-order valence-electron chi connectivity index (χ4n) is 4.30. The van der Waals surface area contributed by atoms with Crippen LogP contribution in [0.25, 0.3) is 5.57 Å². The van der Waals surface area contributed by atoms with E-state index in [1.54, 1.807) is 0 Å². The maximum Gasteiger partial charge on any atom is 0.258 e. The van der Waals surface area contributed by atoms with Gasteiger partial charge in [0.05, 0.1) is 10.5 Å². The Morgan fingerprint density at radius 1 is 0.857 bits per heavy atom. The Kier molecular flexibility index (Phi) is 7.19. The highest BCUT2D eigenvalue weighted by Crippen LogP contribution is 2.42. The first kappa shape index (κ1) is 21.9. The van der Waals surface area contributed by atoms with Gasteiger partial charge in [-0.15, -0.1) is 0 Å². The third-order valence-corrected chi connectivity index (χ3v) is 11.5. The van der Waals surface area contributed by atoms with Crippen LogP contribution in [0.5, 0.6) is 5.75 Å². The molecule has 2 aromatic carbocycles. The van der Waals surface area contributed by atoms with Crippen LogP contribution in [0.1, 0.15) is 52.7 Å². The second kappa shape index (κ2) is 9.19. The number of benzene rings is 2. The molecule has 0 bridgehead atoms. The molecule has 0 aliphatic rings. The van der Waals surface area contributed by atoms with Crippen LogP contribution in [0.2, 0.25) is 16.6 Å². The second-order valence-electron chi connectivity index (χ2n) is 8.14. The lowest BCUT2D eigenvalue weighted by Gasteiger charge is -2.42. The lowest BCUT2D eigenvalue weighted by molar-refractivity contribution is -0.401. The average Bonchev–Trinajstić information content (AvgIpc) is 2.64. The van der Waals surface area contributed by atoms with Crippen molar-refractivity contribution in [3.8, 4) is 5.75 Å². The maximum absolute atomic E-state index is 11.1. The van der Waals surface area contributed by atoms with E-state index in [0.717, 1.165) is 23.1 Å². The molecule has 28 heavy (non-hydrogen) atoms. The summed E-state index contributed by atoms with van der Waals surface area (Å²) in [5, 5.41) is 11.1. The van der Waals surface area contributed by atoms with Crippen LogP contribution in [0.4, 0.5) is 0 Å². The van der Waals surface area contributed by atoms with Crippen molar-refractivity contribution >= 4 is 13.9 Å². The predicted octanol–water partition coefficient (Wildman–Crippen LogP) is 6.91.